The zero-order chi connectivity index (χ0) is 16.7. The van der Waals surface area contributed by atoms with Crippen molar-refractivity contribution in [3.63, 3.8) is 0 Å². The molecule has 4 nitrogen and oxygen atoms in total. The third kappa shape index (κ3) is 2.47. The Kier molecular flexibility index (Phi) is 3.58. The Morgan fingerprint density at radius 1 is 1.04 bits per heavy atom. The van der Waals surface area contributed by atoms with E-state index >= 15 is 0 Å². The van der Waals surface area contributed by atoms with Gasteiger partial charge in [-0.25, -0.2) is 0 Å². The van der Waals surface area contributed by atoms with E-state index in [1.807, 2.05) is 54.6 Å². The first-order valence-electron chi connectivity index (χ1n) is 7.52. The van der Waals surface area contributed by atoms with Crippen LogP contribution in [0.3, 0.4) is 0 Å². The zero-order valence-corrected chi connectivity index (χ0v) is 14.2. The van der Waals surface area contributed by atoms with Gasteiger partial charge >= 0.3 is 0 Å². The minimum Gasteiger partial charge on any atom is -0.324 e. The summed E-state index contributed by atoms with van der Waals surface area (Å²) < 4.78 is 0.884. The molecule has 4 rings (SSSR count). The highest BCUT2D eigenvalue weighted by atomic mass is 79.9. The molecule has 0 bridgehead atoms. The highest BCUT2D eigenvalue weighted by molar-refractivity contribution is 9.10. The molecule has 1 aliphatic rings. The van der Waals surface area contributed by atoms with Crippen LogP contribution in [0, 0.1) is 0 Å². The molecule has 0 fully saturated rings. The van der Waals surface area contributed by atoms with Crippen LogP contribution in [0.5, 0.6) is 0 Å². The van der Waals surface area contributed by atoms with E-state index in [0.29, 0.717) is 11.3 Å². The van der Waals surface area contributed by atoms with Gasteiger partial charge in [-0.1, -0.05) is 46.3 Å². The molecule has 0 atom stereocenters. The lowest BCUT2D eigenvalue weighted by Crippen LogP contribution is -2.35. The molecule has 0 radical (unpaired) electrons. The normalized spacial score (nSPS) is 12.7. The summed E-state index contributed by atoms with van der Waals surface area (Å²) in [7, 11) is 0. The van der Waals surface area contributed by atoms with Crippen molar-refractivity contribution >= 4 is 49.9 Å². The van der Waals surface area contributed by atoms with Crippen LogP contribution < -0.4 is 10.2 Å². The monoisotopic (exact) mass is 380 g/mol. The quantitative estimate of drug-likeness (QED) is 0.739. The molecule has 0 aromatic heterocycles. The molecule has 5 heteroatoms. The number of amides is 2. The van der Waals surface area contributed by atoms with Crippen LogP contribution in [0.25, 0.3) is 10.8 Å². The number of hydrogen-bond acceptors (Lipinski definition) is 2. The van der Waals surface area contributed by atoms with Crippen LogP contribution in [-0.2, 0) is 4.79 Å². The van der Waals surface area contributed by atoms with E-state index in [-0.39, 0.29) is 18.4 Å². The summed E-state index contributed by atoms with van der Waals surface area (Å²) in [5.74, 6) is -0.363. The zero-order valence-electron chi connectivity index (χ0n) is 12.6. The van der Waals surface area contributed by atoms with E-state index in [1.54, 1.807) is 6.07 Å². The van der Waals surface area contributed by atoms with E-state index in [2.05, 4.69) is 21.2 Å². The molecule has 0 spiro atoms. The van der Waals surface area contributed by atoms with Gasteiger partial charge in [0.25, 0.3) is 5.91 Å². The number of carbonyl (C=O) groups is 2. The van der Waals surface area contributed by atoms with Crippen LogP contribution in [0.15, 0.2) is 65.1 Å². The molecule has 0 saturated heterocycles. The summed E-state index contributed by atoms with van der Waals surface area (Å²) in [4.78, 5) is 26.6. The molecule has 3 aromatic carbocycles. The first kappa shape index (κ1) is 14.9. The van der Waals surface area contributed by atoms with Gasteiger partial charge in [-0.3, -0.25) is 14.5 Å². The maximum absolute atomic E-state index is 12.7. The van der Waals surface area contributed by atoms with Crippen LogP contribution >= 0.6 is 15.9 Å². The molecule has 0 saturated carbocycles. The number of carbonyl (C=O) groups excluding carboxylic acids is 2. The Labute approximate surface area is 147 Å². The summed E-state index contributed by atoms with van der Waals surface area (Å²) in [5, 5.41) is 4.75. The topological polar surface area (TPSA) is 49.4 Å². The third-order valence-electron chi connectivity index (χ3n) is 4.06. The Morgan fingerprint density at radius 3 is 2.58 bits per heavy atom. The number of benzene rings is 3. The molecule has 3 aromatic rings. The fourth-order valence-corrected chi connectivity index (χ4v) is 3.45. The highest BCUT2D eigenvalue weighted by Gasteiger charge is 2.30. The van der Waals surface area contributed by atoms with E-state index < -0.39 is 0 Å². The van der Waals surface area contributed by atoms with Gasteiger partial charge in [-0.15, -0.1) is 0 Å². The first-order chi connectivity index (χ1) is 11.6. The molecule has 1 N–H and O–H groups in total. The summed E-state index contributed by atoms with van der Waals surface area (Å²) in [6, 6.07) is 18.8. The lowest BCUT2D eigenvalue weighted by molar-refractivity contribution is -0.114. The van der Waals surface area contributed by atoms with Crippen LogP contribution in [-0.4, -0.2) is 18.4 Å². The Bertz CT molecular complexity index is 979. The van der Waals surface area contributed by atoms with E-state index in [4.69, 9.17) is 0 Å². The minimum atomic E-state index is -0.230. The molecule has 1 heterocycles. The standard InChI is InChI=1S/C19H13BrN2O2/c20-13-6-3-7-14(10-13)21-17(23)11-22-16-9-2-5-12-4-1-8-15(18(12)16)19(22)24/h1-10H,11H2,(H,21,23). The molecule has 118 valence electrons. The Balaban J connectivity index is 1.61. The van der Waals surface area contributed by atoms with Crippen LogP contribution in [0.2, 0.25) is 0 Å². The molecule has 0 unspecified atom stereocenters. The van der Waals surface area contributed by atoms with Crippen molar-refractivity contribution in [3.8, 4) is 0 Å². The van der Waals surface area contributed by atoms with Gasteiger partial charge in [0.2, 0.25) is 5.91 Å². The SMILES string of the molecule is O=C(CN1C(=O)c2cccc3cccc1c23)Nc1cccc(Br)c1. The van der Waals surface area contributed by atoms with Crippen molar-refractivity contribution in [2.45, 2.75) is 0 Å². The van der Waals surface area contributed by atoms with Gasteiger partial charge in [-0.2, -0.15) is 0 Å². The molecule has 0 aliphatic carbocycles. The second kappa shape index (κ2) is 5.76. The number of anilines is 2. The Morgan fingerprint density at radius 2 is 1.79 bits per heavy atom. The largest absolute Gasteiger partial charge is 0.324 e. The fourth-order valence-electron chi connectivity index (χ4n) is 3.05. The van der Waals surface area contributed by atoms with Gasteiger partial charge in [0.05, 0.1) is 5.69 Å². The Hall–Kier alpha value is -2.66. The van der Waals surface area contributed by atoms with E-state index in [1.165, 1.54) is 4.90 Å². The predicted octanol–water partition coefficient (Wildman–Crippen LogP) is 4.20. The maximum Gasteiger partial charge on any atom is 0.259 e. The lowest BCUT2D eigenvalue weighted by atomic mass is 10.1. The van der Waals surface area contributed by atoms with E-state index in [9.17, 15) is 9.59 Å². The highest BCUT2D eigenvalue weighted by Crippen LogP contribution is 2.36. The molecule has 24 heavy (non-hydrogen) atoms. The van der Waals surface area contributed by atoms with Gasteiger partial charge in [0, 0.05) is 21.1 Å². The minimum absolute atomic E-state index is 0.0147. The maximum atomic E-state index is 12.7. The number of rotatable bonds is 3. The molecular weight excluding hydrogens is 368 g/mol. The van der Waals surface area contributed by atoms with Crippen LogP contribution in [0.4, 0.5) is 11.4 Å². The van der Waals surface area contributed by atoms with Crippen molar-refractivity contribution < 1.29 is 9.59 Å². The number of nitrogens with one attached hydrogen (secondary N) is 1. The van der Waals surface area contributed by atoms with Crippen molar-refractivity contribution in [2.24, 2.45) is 0 Å². The predicted molar refractivity (Wildman–Crippen MR) is 98.4 cm³/mol. The summed E-state index contributed by atoms with van der Waals surface area (Å²) >= 11 is 3.37. The van der Waals surface area contributed by atoms with Crippen molar-refractivity contribution in [2.75, 3.05) is 16.8 Å². The van der Waals surface area contributed by atoms with E-state index in [0.717, 1.165) is 20.9 Å². The average Bonchev–Trinajstić information content (AvgIpc) is 2.83. The van der Waals surface area contributed by atoms with Crippen LogP contribution in [0.1, 0.15) is 10.4 Å². The fraction of sp³-hybridized carbons (Fsp3) is 0.0526. The first-order valence-corrected chi connectivity index (χ1v) is 8.32. The molecule has 2 amide bonds. The number of hydrogen-bond donors (Lipinski definition) is 1. The van der Waals surface area contributed by atoms with Gasteiger partial charge in [0.1, 0.15) is 6.54 Å². The number of nitrogens with zero attached hydrogens (tertiary/aromatic N) is 1. The van der Waals surface area contributed by atoms with Gasteiger partial charge < -0.3 is 5.32 Å². The summed E-state index contributed by atoms with van der Waals surface area (Å²) in [6.45, 7) is -0.0147. The van der Waals surface area contributed by atoms with Crippen molar-refractivity contribution in [1.82, 2.24) is 0 Å². The lowest BCUT2D eigenvalue weighted by Gasteiger charge is -2.17. The average molecular weight is 381 g/mol. The second-order valence-corrected chi connectivity index (χ2v) is 6.55. The van der Waals surface area contributed by atoms with Gasteiger partial charge in [0.15, 0.2) is 0 Å². The van der Waals surface area contributed by atoms with Gasteiger partial charge in [-0.05, 0) is 35.7 Å². The second-order valence-electron chi connectivity index (χ2n) is 5.63. The van der Waals surface area contributed by atoms with Crippen molar-refractivity contribution in [3.05, 3.63) is 70.7 Å². The summed E-state index contributed by atoms with van der Waals surface area (Å²) in [5.41, 5.74) is 2.13. The molecular formula is C19H13BrN2O2. The third-order valence-corrected chi connectivity index (χ3v) is 4.55. The number of halogens is 1. The molecule has 1 aliphatic heterocycles. The van der Waals surface area contributed by atoms with Crippen molar-refractivity contribution in [1.29, 1.82) is 0 Å². The smallest absolute Gasteiger partial charge is 0.259 e. The summed E-state index contributed by atoms with van der Waals surface area (Å²) in [6.07, 6.45) is 0.